The number of aromatic nitrogens is 1. The number of rotatable bonds is 5. The number of sulfonamides is 1. The van der Waals surface area contributed by atoms with E-state index in [0.29, 0.717) is 5.02 Å². The summed E-state index contributed by atoms with van der Waals surface area (Å²) < 4.78 is 33.1. The molecule has 0 bridgehead atoms. The van der Waals surface area contributed by atoms with Crippen LogP contribution in [0.25, 0.3) is 0 Å². The summed E-state index contributed by atoms with van der Waals surface area (Å²) in [7, 11) is 0.154. The molecule has 2 heterocycles. The number of ether oxygens (including phenoxy) is 1. The SMILES string of the molecule is CCN(C)C.O=C(Nc1ccc2c(n1)N(S(=O)(=O)c1cccc(Cl)c1)CCO2)c1c(Cl)cccc1Cl. The Hall–Kier alpha value is -2.56. The van der Waals surface area contributed by atoms with Crippen molar-refractivity contribution in [2.75, 3.05) is 43.4 Å². The first-order chi connectivity index (χ1) is 17.0. The molecule has 0 aliphatic carbocycles. The fraction of sp³-hybridized carbons (Fsp3) is 0.250. The van der Waals surface area contributed by atoms with E-state index in [1.54, 1.807) is 18.2 Å². The van der Waals surface area contributed by atoms with Crippen LogP contribution in [-0.2, 0) is 10.0 Å². The van der Waals surface area contributed by atoms with Gasteiger partial charge in [-0.15, -0.1) is 0 Å². The van der Waals surface area contributed by atoms with Crippen molar-refractivity contribution in [1.82, 2.24) is 9.88 Å². The lowest BCUT2D eigenvalue weighted by molar-refractivity contribution is 0.102. The maximum absolute atomic E-state index is 13.2. The molecule has 0 radical (unpaired) electrons. The molecule has 4 rings (SSSR count). The van der Waals surface area contributed by atoms with Crippen LogP contribution in [0, 0.1) is 0 Å². The molecule has 1 aliphatic rings. The number of amides is 1. The number of fused-ring (bicyclic) bond motifs is 1. The monoisotopic (exact) mass is 570 g/mol. The third-order valence-corrected chi connectivity index (χ3v) is 7.73. The number of hydrogen-bond donors (Lipinski definition) is 1. The number of nitrogens with zero attached hydrogens (tertiary/aromatic N) is 3. The molecule has 0 saturated carbocycles. The van der Waals surface area contributed by atoms with Gasteiger partial charge >= 0.3 is 0 Å². The molecule has 0 saturated heterocycles. The summed E-state index contributed by atoms with van der Waals surface area (Å²) in [6.45, 7) is 3.46. The minimum atomic E-state index is -3.96. The lowest BCUT2D eigenvalue weighted by atomic mass is 10.2. The van der Waals surface area contributed by atoms with Gasteiger partial charge < -0.3 is 15.0 Å². The Morgan fingerprint density at radius 1 is 1.08 bits per heavy atom. The minimum Gasteiger partial charge on any atom is -0.488 e. The number of anilines is 2. The molecule has 0 unspecified atom stereocenters. The zero-order valence-corrected chi connectivity index (χ0v) is 22.9. The van der Waals surface area contributed by atoms with Gasteiger partial charge in [-0.3, -0.25) is 4.79 Å². The average molecular weight is 572 g/mol. The lowest BCUT2D eigenvalue weighted by Crippen LogP contribution is -2.38. The molecular weight excluding hydrogens is 547 g/mol. The Morgan fingerprint density at radius 3 is 2.33 bits per heavy atom. The maximum atomic E-state index is 13.2. The fourth-order valence-corrected chi connectivity index (χ4v) is 5.30. The van der Waals surface area contributed by atoms with E-state index < -0.39 is 15.9 Å². The summed E-state index contributed by atoms with van der Waals surface area (Å²) in [4.78, 5) is 19.1. The molecular formula is C24H25Cl3N4O4S. The second-order valence-corrected chi connectivity index (χ2v) is 11.0. The molecule has 36 heavy (non-hydrogen) atoms. The zero-order chi connectivity index (χ0) is 26.5. The Kier molecular flexibility index (Phi) is 9.43. The number of carbonyl (C=O) groups excluding carboxylic acids is 1. The Morgan fingerprint density at radius 2 is 1.72 bits per heavy atom. The quantitative estimate of drug-likeness (QED) is 0.438. The normalized spacial score (nSPS) is 12.8. The first-order valence-corrected chi connectivity index (χ1v) is 13.4. The van der Waals surface area contributed by atoms with Crippen molar-refractivity contribution >= 4 is 62.4 Å². The Bertz CT molecular complexity index is 1330. The highest BCUT2D eigenvalue weighted by Gasteiger charge is 2.32. The summed E-state index contributed by atoms with van der Waals surface area (Å²) in [6.07, 6.45) is 0. The van der Waals surface area contributed by atoms with Crippen LogP contribution in [0.3, 0.4) is 0 Å². The van der Waals surface area contributed by atoms with Crippen LogP contribution in [-0.4, -0.2) is 58.0 Å². The lowest BCUT2D eigenvalue weighted by Gasteiger charge is -2.29. The molecule has 1 aromatic heterocycles. The maximum Gasteiger partial charge on any atom is 0.265 e. The average Bonchev–Trinajstić information content (AvgIpc) is 2.84. The van der Waals surface area contributed by atoms with E-state index in [2.05, 4.69) is 36.2 Å². The van der Waals surface area contributed by atoms with Crippen molar-refractivity contribution in [1.29, 1.82) is 0 Å². The van der Waals surface area contributed by atoms with Gasteiger partial charge in [0.2, 0.25) is 0 Å². The van der Waals surface area contributed by atoms with E-state index >= 15 is 0 Å². The molecule has 1 N–H and O–H groups in total. The van der Waals surface area contributed by atoms with Crippen LogP contribution in [0.1, 0.15) is 17.3 Å². The molecule has 2 aromatic carbocycles. The largest absolute Gasteiger partial charge is 0.488 e. The van der Waals surface area contributed by atoms with E-state index in [0.717, 1.165) is 10.8 Å². The number of halogens is 3. The van der Waals surface area contributed by atoms with E-state index in [1.807, 2.05) is 0 Å². The zero-order valence-electron chi connectivity index (χ0n) is 19.8. The van der Waals surface area contributed by atoms with Gasteiger partial charge in [0.15, 0.2) is 11.6 Å². The van der Waals surface area contributed by atoms with Crippen LogP contribution in [0.15, 0.2) is 59.5 Å². The molecule has 0 atom stereocenters. The standard InChI is InChI=1S/C20H14Cl3N3O4S.C4H11N/c21-12-3-1-4-13(11-12)31(28,29)26-9-10-30-16-7-8-17(24-19(16)26)25-20(27)18-14(22)5-2-6-15(18)23;1-4-5(2)3/h1-8,11H,9-10H2,(H,24,25,27);4H2,1-3H3. The Labute approximate surface area is 225 Å². The van der Waals surface area contributed by atoms with Crippen molar-refractivity contribution in [2.45, 2.75) is 11.8 Å². The molecule has 3 aromatic rings. The summed E-state index contributed by atoms with van der Waals surface area (Å²) in [6, 6.07) is 13.7. The number of carbonyl (C=O) groups is 1. The summed E-state index contributed by atoms with van der Waals surface area (Å²) in [5.74, 6) is -0.152. The summed E-state index contributed by atoms with van der Waals surface area (Å²) in [5.41, 5.74) is 0.0880. The first-order valence-electron chi connectivity index (χ1n) is 10.9. The smallest absolute Gasteiger partial charge is 0.265 e. The molecule has 192 valence electrons. The fourth-order valence-electron chi connectivity index (χ4n) is 3.02. The van der Waals surface area contributed by atoms with Gasteiger partial charge in [0.1, 0.15) is 12.4 Å². The van der Waals surface area contributed by atoms with Crippen molar-refractivity contribution in [2.24, 2.45) is 0 Å². The molecule has 0 fully saturated rings. The molecule has 12 heteroatoms. The van der Waals surface area contributed by atoms with Gasteiger partial charge in [-0.2, -0.15) is 0 Å². The molecule has 1 aliphatic heterocycles. The topological polar surface area (TPSA) is 91.8 Å². The highest BCUT2D eigenvalue weighted by atomic mass is 35.5. The van der Waals surface area contributed by atoms with E-state index in [-0.39, 0.29) is 51.0 Å². The summed E-state index contributed by atoms with van der Waals surface area (Å²) in [5, 5.41) is 3.24. The molecule has 0 spiro atoms. The Balaban J connectivity index is 0.000000658. The number of benzene rings is 2. The predicted octanol–water partition coefficient (Wildman–Crippen LogP) is 5.45. The van der Waals surface area contributed by atoms with Gasteiger partial charge in [0, 0.05) is 5.02 Å². The van der Waals surface area contributed by atoms with Crippen LogP contribution in [0.4, 0.5) is 11.6 Å². The minimum absolute atomic E-state index is 0.0203. The van der Waals surface area contributed by atoms with Crippen molar-refractivity contribution in [3.63, 3.8) is 0 Å². The van der Waals surface area contributed by atoms with Crippen molar-refractivity contribution in [3.8, 4) is 5.75 Å². The first kappa shape index (κ1) is 28.0. The molecule has 1 amide bonds. The second-order valence-electron chi connectivity index (χ2n) is 7.85. The number of nitrogens with one attached hydrogen (secondary N) is 1. The van der Waals surface area contributed by atoms with Gasteiger partial charge in [-0.05, 0) is 63.1 Å². The number of pyridine rings is 1. The van der Waals surface area contributed by atoms with Crippen molar-refractivity contribution in [3.05, 3.63) is 75.2 Å². The van der Waals surface area contributed by atoms with Crippen LogP contribution in [0.5, 0.6) is 5.75 Å². The van der Waals surface area contributed by atoms with Crippen LogP contribution >= 0.6 is 34.8 Å². The van der Waals surface area contributed by atoms with Gasteiger partial charge in [0.05, 0.1) is 27.0 Å². The number of hydrogen-bond acceptors (Lipinski definition) is 6. The molecule has 8 nitrogen and oxygen atoms in total. The summed E-state index contributed by atoms with van der Waals surface area (Å²) >= 11 is 18.1. The van der Waals surface area contributed by atoms with E-state index in [4.69, 9.17) is 39.5 Å². The third-order valence-electron chi connectivity index (χ3n) is 5.08. The highest BCUT2D eigenvalue weighted by Crippen LogP contribution is 2.35. The third kappa shape index (κ3) is 6.60. The van der Waals surface area contributed by atoms with Gasteiger partial charge in [-0.1, -0.05) is 53.9 Å². The van der Waals surface area contributed by atoms with Crippen LogP contribution < -0.4 is 14.4 Å². The van der Waals surface area contributed by atoms with Gasteiger partial charge in [0.25, 0.3) is 15.9 Å². The van der Waals surface area contributed by atoms with Crippen LogP contribution in [0.2, 0.25) is 15.1 Å². The second kappa shape index (κ2) is 12.1. The highest BCUT2D eigenvalue weighted by molar-refractivity contribution is 7.92. The van der Waals surface area contributed by atoms with Gasteiger partial charge in [-0.25, -0.2) is 17.7 Å². The van der Waals surface area contributed by atoms with E-state index in [1.165, 1.54) is 36.4 Å². The van der Waals surface area contributed by atoms with E-state index in [9.17, 15) is 13.2 Å². The predicted molar refractivity (Wildman–Crippen MR) is 144 cm³/mol. The van der Waals surface area contributed by atoms with Crippen molar-refractivity contribution < 1.29 is 17.9 Å².